The van der Waals surface area contributed by atoms with Crippen LogP contribution in [0.15, 0.2) is 11.4 Å². The van der Waals surface area contributed by atoms with Crippen LogP contribution in [0.1, 0.15) is 83.9 Å². The van der Waals surface area contributed by atoms with E-state index in [0.717, 1.165) is 17.1 Å². The molecule has 0 aromatic carbocycles. The second-order valence-electron chi connectivity index (χ2n) is 9.84. The monoisotopic (exact) mass is 424 g/mol. The minimum Gasteiger partial charge on any atom is -0.325 e. The number of nitrogens with zero attached hydrogens (tertiary/aromatic N) is 3. The maximum Gasteiger partial charge on any atom is 0.127 e. The van der Waals surface area contributed by atoms with E-state index >= 15 is 0 Å². The summed E-state index contributed by atoms with van der Waals surface area (Å²) in [6.07, 6.45) is 9.85. The van der Waals surface area contributed by atoms with Gasteiger partial charge in [-0.25, -0.2) is 15.0 Å². The number of aryl methyl sites for hydroxylation is 2. The molecule has 4 saturated carbocycles. The molecule has 3 aromatic heterocycles. The third-order valence-electron chi connectivity index (χ3n) is 7.81. The summed E-state index contributed by atoms with van der Waals surface area (Å²) < 4.78 is 0. The smallest absolute Gasteiger partial charge is 0.127 e. The van der Waals surface area contributed by atoms with E-state index in [-0.39, 0.29) is 5.54 Å². The number of nitrogens with two attached hydrogens (primary N) is 1. The van der Waals surface area contributed by atoms with E-state index in [1.807, 2.05) is 18.3 Å². The van der Waals surface area contributed by atoms with Gasteiger partial charge in [-0.1, -0.05) is 0 Å². The number of aromatic nitrogens is 3. The predicted octanol–water partition coefficient (Wildman–Crippen LogP) is 5.63. The number of hydrogen-bond acceptors (Lipinski definition) is 6. The quantitative estimate of drug-likeness (QED) is 0.589. The maximum absolute atomic E-state index is 6.51. The average Bonchev–Trinajstić information content (AvgIpc) is 3.19. The molecule has 2 atom stereocenters. The van der Waals surface area contributed by atoms with Gasteiger partial charge < -0.3 is 5.73 Å². The van der Waals surface area contributed by atoms with Crippen LogP contribution in [0.4, 0.5) is 0 Å². The fourth-order valence-corrected chi connectivity index (χ4v) is 8.06. The van der Waals surface area contributed by atoms with Crippen molar-refractivity contribution >= 4 is 32.9 Å². The van der Waals surface area contributed by atoms with E-state index in [9.17, 15) is 0 Å². The van der Waals surface area contributed by atoms with Crippen LogP contribution in [0, 0.1) is 19.3 Å². The van der Waals surface area contributed by atoms with Gasteiger partial charge in [0.2, 0.25) is 0 Å². The zero-order valence-electron chi connectivity index (χ0n) is 17.2. The molecule has 7 rings (SSSR count). The molecule has 2 bridgehead atoms. The highest BCUT2D eigenvalue weighted by Crippen LogP contribution is 2.58. The number of thiazole rings is 1. The van der Waals surface area contributed by atoms with Gasteiger partial charge in [-0.15, -0.1) is 22.7 Å². The van der Waals surface area contributed by atoms with Gasteiger partial charge in [0, 0.05) is 34.1 Å². The zero-order chi connectivity index (χ0) is 19.8. The molecule has 29 heavy (non-hydrogen) atoms. The van der Waals surface area contributed by atoms with E-state index in [2.05, 4.69) is 23.4 Å². The summed E-state index contributed by atoms with van der Waals surface area (Å²) in [5.41, 5.74) is 9.64. The molecule has 0 radical (unpaired) electrons. The second-order valence-corrected chi connectivity index (χ2v) is 11.9. The number of thiophene rings is 1. The van der Waals surface area contributed by atoms with E-state index in [1.54, 1.807) is 11.3 Å². The molecule has 2 N–H and O–H groups in total. The van der Waals surface area contributed by atoms with Crippen molar-refractivity contribution in [3.63, 3.8) is 0 Å². The molecule has 152 valence electrons. The van der Waals surface area contributed by atoms with Crippen molar-refractivity contribution in [3.05, 3.63) is 38.5 Å². The van der Waals surface area contributed by atoms with Gasteiger partial charge in [0.1, 0.15) is 10.7 Å². The van der Waals surface area contributed by atoms with Crippen LogP contribution in [0.2, 0.25) is 0 Å². The van der Waals surface area contributed by atoms with E-state index in [4.69, 9.17) is 15.7 Å². The lowest BCUT2D eigenvalue weighted by molar-refractivity contribution is 0.0449. The van der Waals surface area contributed by atoms with Gasteiger partial charge in [-0.2, -0.15) is 0 Å². The lowest BCUT2D eigenvalue weighted by atomic mass is 9.56. The summed E-state index contributed by atoms with van der Waals surface area (Å²) >= 11 is 3.70. The third-order valence-corrected chi connectivity index (χ3v) is 9.90. The first-order chi connectivity index (χ1) is 13.9. The summed E-state index contributed by atoms with van der Waals surface area (Å²) in [6, 6.07) is 2.19. The molecule has 2 unspecified atom stereocenters. The van der Waals surface area contributed by atoms with Gasteiger partial charge in [-0.3, -0.25) is 0 Å². The van der Waals surface area contributed by atoms with Crippen LogP contribution >= 0.6 is 22.7 Å². The van der Waals surface area contributed by atoms with E-state index in [0.29, 0.717) is 17.3 Å². The normalized spacial score (nSPS) is 33.5. The molecule has 4 aliphatic rings. The van der Waals surface area contributed by atoms with Crippen LogP contribution in [-0.4, -0.2) is 20.5 Å². The standard InChI is InChI=1S/C23H28N4S2/c1-13-20(17-11-16(17)19-15-3-10-28-21(15)27-14(2)26-19)29-18(25-13)12-22-4-7-23(24,8-5-22)9-6-22/h3,10,16-17H,4-9,11-12,24H2,1-2H3. The predicted molar refractivity (Wildman–Crippen MR) is 120 cm³/mol. The van der Waals surface area contributed by atoms with Crippen molar-refractivity contribution in [1.82, 2.24) is 15.0 Å². The summed E-state index contributed by atoms with van der Waals surface area (Å²) in [6.45, 7) is 4.22. The molecule has 0 spiro atoms. The van der Waals surface area contributed by atoms with Crippen molar-refractivity contribution in [3.8, 4) is 0 Å². The number of fused-ring (bicyclic) bond motifs is 4. The van der Waals surface area contributed by atoms with Crippen LogP contribution in [-0.2, 0) is 6.42 Å². The van der Waals surface area contributed by atoms with Crippen LogP contribution in [0.25, 0.3) is 10.2 Å². The van der Waals surface area contributed by atoms with Crippen LogP contribution in [0.3, 0.4) is 0 Å². The summed E-state index contributed by atoms with van der Waals surface area (Å²) in [5, 5.41) is 4.75. The Kier molecular flexibility index (Phi) is 4.01. The minimum absolute atomic E-state index is 0.148. The molecule has 4 aliphatic carbocycles. The molecule has 0 aliphatic heterocycles. The maximum atomic E-state index is 6.51. The van der Waals surface area contributed by atoms with Crippen molar-refractivity contribution in [1.29, 1.82) is 0 Å². The molecule has 4 fully saturated rings. The highest BCUT2D eigenvalue weighted by atomic mass is 32.1. The largest absolute Gasteiger partial charge is 0.325 e. The Morgan fingerprint density at radius 1 is 1.03 bits per heavy atom. The Balaban J connectivity index is 1.24. The Morgan fingerprint density at radius 3 is 2.55 bits per heavy atom. The number of rotatable bonds is 4. The average molecular weight is 425 g/mol. The van der Waals surface area contributed by atoms with Crippen molar-refractivity contribution in [2.24, 2.45) is 11.1 Å². The highest BCUT2D eigenvalue weighted by Gasteiger charge is 2.48. The van der Waals surface area contributed by atoms with Crippen molar-refractivity contribution in [2.45, 2.75) is 82.6 Å². The van der Waals surface area contributed by atoms with Gasteiger partial charge in [0.05, 0.1) is 16.4 Å². The molecule has 3 aromatic rings. The highest BCUT2D eigenvalue weighted by molar-refractivity contribution is 7.16. The second kappa shape index (κ2) is 6.32. The first-order valence-corrected chi connectivity index (χ1v) is 12.6. The van der Waals surface area contributed by atoms with E-state index in [1.165, 1.54) is 71.6 Å². The number of hydrogen-bond donors (Lipinski definition) is 1. The van der Waals surface area contributed by atoms with Gasteiger partial charge in [-0.05, 0) is 75.7 Å². The van der Waals surface area contributed by atoms with Crippen molar-refractivity contribution < 1.29 is 0 Å². The van der Waals surface area contributed by atoms with Gasteiger partial charge >= 0.3 is 0 Å². The summed E-state index contributed by atoms with van der Waals surface area (Å²) in [7, 11) is 0. The Morgan fingerprint density at radius 2 is 1.79 bits per heavy atom. The molecule has 6 heteroatoms. The fourth-order valence-electron chi connectivity index (χ4n) is 5.82. The van der Waals surface area contributed by atoms with Crippen LogP contribution in [0.5, 0.6) is 0 Å². The first kappa shape index (κ1) is 18.4. The molecule has 3 heterocycles. The van der Waals surface area contributed by atoms with Gasteiger partial charge in [0.15, 0.2) is 0 Å². The lowest BCUT2D eigenvalue weighted by Gasteiger charge is -2.51. The summed E-state index contributed by atoms with van der Waals surface area (Å²) in [4.78, 5) is 17.1. The Bertz CT molecular complexity index is 1070. The molecular formula is C23H28N4S2. The fraction of sp³-hybridized carbons (Fsp3) is 0.609. The first-order valence-electron chi connectivity index (χ1n) is 10.9. The molecule has 4 nitrogen and oxygen atoms in total. The molecule has 0 amide bonds. The van der Waals surface area contributed by atoms with Crippen LogP contribution < -0.4 is 5.73 Å². The Hall–Kier alpha value is -1.37. The SMILES string of the molecule is Cc1nc(C2CC2c2sc(CC34CCC(N)(CC3)CC4)nc2C)c2ccsc2n1. The van der Waals surface area contributed by atoms with E-state index < -0.39 is 0 Å². The minimum atomic E-state index is 0.148. The molecular weight excluding hydrogens is 396 g/mol. The van der Waals surface area contributed by atoms with Crippen molar-refractivity contribution in [2.75, 3.05) is 0 Å². The topological polar surface area (TPSA) is 64.7 Å². The Labute approximate surface area is 180 Å². The van der Waals surface area contributed by atoms with Gasteiger partial charge in [0.25, 0.3) is 0 Å². The third kappa shape index (κ3) is 3.06. The summed E-state index contributed by atoms with van der Waals surface area (Å²) in [5.74, 6) is 2.01. The lowest BCUT2D eigenvalue weighted by Crippen LogP contribution is -2.52. The zero-order valence-corrected chi connectivity index (χ0v) is 18.8. The molecule has 0 saturated heterocycles.